The Hall–Kier alpha value is -1.83. The lowest BCUT2D eigenvalue weighted by Gasteiger charge is -2.05. The van der Waals surface area contributed by atoms with Crippen LogP contribution in [0.25, 0.3) is 10.8 Å². The van der Waals surface area contributed by atoms with E-state index in [0.29, 0.717) is 6.42 Å². The Morgan fingerprint density at radius 3 is 2.57 bits per heavy atom. The molecular formula is C12H11NO. The first-order chi connectivity index (χ1) is 6.83. The van der Waals surface area contributed by atoms with Gasteiger partial charge in [0.25, 0.3) is 0 Å². The summed E-state index contributed by atoms with van der Waals surface area (Å²) in [6.07, 6.45) is 1.33. The highest BCUT2D eigenvalue weighted by atomic mass is 16.1. The topological polar surface area (TPSA) is 43.1 Å². The molecule has 2 N–H and O–H groups in total. The number of nitrogen functional groups attached to an aromatic ring is 1. The quantitative estimate of drug-likeness (QED) is 0.575. The van der Waals surface area contributed by atoms with Crippen molar-refractivity contribution in [3.05, 3.63) is 42.0 Å². The Labute approximate surface area is 82.3 Å². The standard InChI is InChI=1S/C12H11NO/c13-11-6-2-5-9-3-1-4-10(7-8-14)12(9)11/h1-6,8H,7,13H2. The Balaban J connectivity index is 2.77. The van der Waals surface area contributed by atoms with Crippen LogP contribution in [0.15, 0.2) is 36.4 Å². The third kappa shape index (κ3) is 1.35. The van der Waals surface area contributed by atoms with E-state index in [9.17, 15) is 4.79 Å². The van der Waals surface area contributed by atoms with E-state index in [2.05, 4.69) is 0 Å². The number of rotatable bonds is 2. The van der Waals surface area contributed by atoms with E-state index in [4.69, 9.17) is 5.73 Å². The second-order valence-corrected chi connectivity index (χ2v) is 3.23. The zero-order valence-electron chi connectivity index (χ0n) is 7.73. The van der Waals surface area contributed by atoms with Crippen molar-refractivity contribution in [2.75, 3.05) is 5.73 Å². The van der Waals surface area contributed by atoms with Gasteiger partial charge in [-0.05, 0) is 17.0 Å². The fourth-order valence-electron chi connectivity index (χ4n) is 1.71. The van der Waals surface area contributed by atoms with Crippen molar-refractivity contribution in [1.82, 2.24) is 0 Å². The number of carbonyl (C=O) groups is 1. The molecule has 0 saturated carbocycles. The first-order valence-electron chi connectivity index (χ1n) is 4.52. The lowest BCUT2D eigenvalue weighted by Crippen LogP contribution is -1.93. The third-order valence-corrected chi connectivity index (χ3v) is 2.33. The predicted molar refractivity (Wildman–Crippen MR) is 58.1 cm³/mol. The molecule has 0 aliphatic carbocycles. The molecule has 0 aliphatic rings. The maximum atomic E-state index is 10.5. The summed E-state index contributed by atoms with van der Waals surface area (Å²) in [5.74, 6) is 0. The second kappa shape index (κ2) is 3.50. The number of hydrogen-bond donors (Lipinski definition) is 1. The van der Waals surface area contributed by atoms with Crippen LogP contribution in [-0.4, -0.2) is 6.29 Å². The third-order valence-electron chi connectivity index (χ3n) is 2.33. The molecule has 0 unspecified atom stereocenters. The van der Waals surface area contributed by atoms with Gasteiger partial charge in [-0.3, -0.25) is 0 Å². The molecule has 0 atom stereocenters. The Morgan fingerprint density at radius 2 is 1.86 bits per heavy atom. The van der Waals surface area contributed by atoms with Gasteiger partial charge in [-0.1, -0.05) is 30.3 Å². The first-order valence-corrected chi connectivity index (χ1v) is 4.52. The molecule has 70 valence electrons. The van der Waals surface area contributed by atoms with Gasteiger partial charge in [0.1, 0.15) is 6.29 Å². The zero-order valence-corrected chi connectivity index (χ0v) is 7.73. The smallest absolute Gasteiger partial charge is 0.124 e. The van der Waals surface area contributed by atoms with Gasteiger partial charge in [0.2, 0.25) is 0 Å². The van der Waals surface area contributed by atoms with Crippen LogP contribution in [-0.2, 0) is 11.2 Å². The van der Waals surface area contributed by atoms with Crippen molar-refractivity contribution in [2.45, 2.75) is 6.42 Å². The van der Waals surface area contributed by atoms with Crippen molar-refractivity contribution >= 4 is 22.7 Å². The molecule has 0 aromatic heterocycles. The number of nitrogens with two attached hydrogens (primary N) is 1. The molecule has 2 heteroatoms. The van der Waals surface area contributed by atoms with Crippen molar-refractivity contribution < 1.29 is 4.79 Å². The molecule has 0 aliphatic heterocycles. The highest BCUT2D eigenvalue weighted by Gasteiger charge is 2.02. The summed E-state index contributed by atoms with van der Waals surface area (Å²) < 4.78 is 0. The largest absolute Gasteiger partial charge is 0.398 e. The van der Waals surface area contributed by atoms with Crippen molar-refractivity contribution in [3.8, 4) is 0 Å². The number of hydrogen-bond acceptors (Lipinski definition) is 2. The van der Waals surface area contributed by atoms with Gasteiger partial charge in [0.15, 0.2) is 0 Å². The summed E-state index contributed by atoms with van der Waals surface area (Å²) in [7, 11) is 0. The molecule has 2 aromatic rings. The summed E-state index contributed by atoms with van der Waals surface area (Å²) in [5.41, 5.74) is 7.60. The van der Waals surface area contributed by atoms with Crippen LogP contribution < -0.4 is 5.73 Å². The van der Waals surface area contributed by atoms with Crippen molar-refractivity contribution in [1.29, 1.82) is 0 Å². The minimum Gasteiger partial charge on any atom is -0.398 e. The van der Waals surface area contributed by atoms with Gasteiger partial charge in [0, 0.05) is 17.5 Å². The van der Waals surface area contributed by atoms with Crippen LogP contribution in [0.5, 0.6) is 0 Å². The lowest BCUT2D eigenvalue weighted by molar-refractivity contribution is -0.107. The van der Waals surface area contributed by atoms with Gasteiger partial charge >= 0.3 is 0 Å². The minimum absolute atomic E-state index is 0.422. The average molecular weight is 185 g/mol. The molecule has 2 aromatic carbocycles. The minimum atomic E-state index is 0.422. The van der Waals surface area contributed by atoms with Crippen LogP contribution in [0.1, 0.15) is 5.56 Å². The van der Waals surface area contributed by atoms with Gasteiger partial charge in [-0.15, -0.1) is 0 Å². The van der Waals surface area contributed by atoms with E-state index in [1.54, 1.807) is 0 Å². The van der Waals surface area contributed by atoms with Crippen LogP contribution in [0.3, 0.4) is 0 Å². The van der Waals surface area contributed by atoms with Gasteiger partial charge < -0.3 is 10.5 Å². The number of benzene rings is 2. The fourth-order valence-corrected chi connectivity index (χ4v) is 1.71. The Morgan fingerprint density at radius 1 is 1.14 bits per heavy atom. The molecule has 0 radical (unpaired) electrons. The summed E-state index contributed by atoms with van der Waals surface area (Å²) in [5, 5.41) is 2.09. The molecular weight excluding hydrogens is 174 g/mol. The van der Waals surface area contributed by atoms with Gasteiger partial charge in [0.05, 0.1) is 0 Å². The second-order valence-electron chi connectivity index (χ2n) is 3.23. The van der Waals surface area contributed by atoms with Crippen LogP contribution >= 0.6 is 0 Å². The van der Waals surface area contributed by atoms with E-state index in [1.807, 2.05) is 36.4 Å². The summed E-state index contributed by atoms with van der Waals surface area (Å²) in [4.78, 5) is 10.5. The van der Waals surface area contributed by atoms with E-state index in [1.165, 1.54) is 0 Å². The van der Waals surface area contributed by atoms with Crippen LogP contribution in [0, 0.1) is 0 Å². The van der Waals surface area contributed by atoms with E-state index in [0.717, 1.165) is 28.3 Å². The Bertz CT molecular complexity index is 471. The summed E-state index contributed by atoms with van der Waals surface area (Å²) in [6.45, 7) is 0. The molecule has 0 spiro atoms. The van der Waals surface area contributed by atoms with E-state index >= 15 is 0 Å². The predicted octanol–water partition coefficient (Wildman–Crippen LogP) is 2.16. The number of fused-ring (bicyclic) bond motifs is 1. The Kier molecular flexibility index (Phi) is 2.19. The molecule has 0 fully saturated rings. The van der Waals surface area contributed by atoms with E-state index in [-0.39, 0.29) is 0 Å². The van der Waals surface area contributed by atoms with Gasteiger partial charge in [-0.25, -0.2) is 0 Å². The number of anilines is 1. The summed E-state index contributed by atoms with van der Waals surface area (Å²) in [6, 6.07) is 11.7. The normalized spacial score (nSPS) is 10.3. The van der Waals surface area contributed by atoms with Crippen molar-refractivity contribution in [2.24, 2.45) is 0 Å². The number of aldehydes is 1. The fraction of sp³-hybridized carbons (Fsp3) is 0.0833. The first kappa shape index (κ1) is 8.75. The molecule has 0 bridgehead atoms. The zero-order chi connectivity index (χ0) is 9.97. The van der Waals surface area contributed by atoms with Crippen LogP contribution in [0.2, 0.25) is 0 Å². The lowest BCUT2D eigenvalue weighted by atomic mass is 10.0. The highest BCUT2D eigenvalue weighted by Crippen LogP contribution is 2.24. The van der Waals surface area contributed by atoms with Crippen molar-refractivity contribution in [3.63, 3.8) is 0 Å². The maximum absolute atomic E-state index is 10.5. The molecule has 2 rings (SSSR count). The molecule has 0 saturated heterocycles. The van der Waals surface area contributed by atoms with Crippen LogP contribution in [0.4, 0.5) is 5.69 Å². The molecule has 0 amide bonds. The highest BCUT2D eigenvalue weighted by molar-refractivity contribution is 5.96. The molecule has 0 heterocycles. The number of carbonyl (C=O) groups excluding carboxylic acids is 1. The maximum Gasteiger partial charge on any atom is 0.124 e. The SMILES string of the molecule is Nc1cccc2cccc(CC=O)c12. The van der Waals surface area contributed by atoms with E-state index < -0.39 is 0 Å². The molecule has 14 heavy (non-hydrogen) atoms. The van der Waals surface area contributed by atoms with Gasteiger partial charge in [-0.2, -0.15) is 0 Å². The summed E-state index contributed by atoms with van der Waals surface area (Å²) >= 11 is 0. The monoisotopic (exact) mass is 185 g/mol. The molecule has 2 nitrogen and oxygen atoms in total. The average Bonchev–Trinajstić information content (AvgIpc) is 2.19.